The normalized spacial score (nSPS) is 17.9. The molecule has 2 atom stereocenters. The molecule has 0 radical (unpaired) electrons. The molecule has 0 saturated carbocycles. The first-order valence-electron chi connectivity index (χ1n) is 9.89. The molecule has 170 valence electrons. The van der Waals surface area contributed by atoms with Crippen LogP contribution in [-0.4, -0.2) is 55.4 Å². The minimum absolute atomic E-state index is 0.264. The van der Waals surface area contributed by atoms with Crippen LogP contribution < -0.4 is 28.6 Å². The number of anilines is 1. The number of nitrogens with zero attached hydrogens (tertiary/aromatic N) is 1. The Balaban J connectivity index is 1.99. The lowest BCUT2D eigenvalue weighted by atomic mass is 10.1. The first kappa shape index (κ1) is 23.6. The molecule has 0 bridgehead atoms. The molecule has 2 aromatic rings. The number of methoxy groups -OCH3 is 5. The van der Waals surface area contributed by atoms with Crippen molar-refractivity contribution in [2.45, 2.75) is 16.8 Å². The highest BCUT2D eigenvalue weighted by molar-refractivity contribution is 8.19. The third kappa shape index (κ3) is 4.46. The van der Waals surface area contributed by atoms with Crippen molar-refractivity contribution in [3.05, 3.63) is 34.9 Å². The average molecular weight is 466 g/mol. The van der Waals surface area contributed by atoms with Crippen LogP contribution in [0.3, 0.4) is 0 Å². The van der Waals surface area contributed by atoms with Gasteiger partial charge in [-0.05, 0) is 36.2 Å². The number of benzene rings is 2. The second kappa shape index (κ2) is 10.0. The van der Waals surface area contributed by atoms with E-state index in [2.05, 4.69) is 30.0 Å². The van der Waals surface area contributed by atoms with Gasteiger partial charge in [0.2, 0.25) is 5.75 Å². The van der Waals surface area contributed by atoms with E-state index in [0.29, 0.717) is 22.5 Å². The molecule has 6 nitrogen and oxygen atoms in total. The monoisotopic (exact) mass is 465 g/mol. The van der Waals surface area contributed by atoms with E-state index in [1.54, 1.807) is 35.5 Å². The predicted octanol–water partition coefficient (Wildman–Crippen LogP) is 5.32. The van der Waals surface area contributed by atoms with Gasteiger partial charge in [0.1, 0.15) is 0 Å². The molecule has 1 heterocycles. The third-order valence-electron chi connectivity index (χ3n) is 5.28. The van der Waals surface area contributed by atoms with Crippen molar-refractivity contribution in [2.24, 2.45) is 0 Å². The smallest absolute Gasteiger partial charge is 0.203 e. The molecule has 1 aliphatic heterocycles. The number of ether oxygens (including phenoxy) is 5. The average Bonchev–Trinajstić information content (AvgIpc) is 3.26. The van der Waals surface area contributed by atoms with Crippen molar-refractivity contribution < 1.29 is 23.7 Å². The molecule has 1 fully saturated rings. The van der Waals surface area contributed by atoms with Crippen molar-refractivity contribution in [3.8, 4) is 28.7 Å². The van der Waals surface area contributed by atoms with Crippen LogP contribution in [0.5, 0.6) is 28.7 Å². The first-order chi connectivity index (χ1) is 14.9. The molecule has 0 aliphatic carbocycles. The quantitative estimate of drug-likeness (QED) is 0.519. The van der Waals surface area contributed by atoms with E-state index >= 15 is 0 Å². The Hall–Kier alpha value is -2.06. The van der Waals surface area contributed by atoms with Crippen molar-refractivity contribution in [1.29, 1.82) is 0 Å². The fraction of sp³-hybridized carbons (Fsp3) is 0.478. The topological polar surface area (TPSA) is 49.4 Å². The van der Waals surface area contributed by atoms with Crippen molar-refractivity contribution >= 4 is 29.2 Å². The van der Waals surface area contributed by atoms with Gasteiger partial charge in [-0.25, -0.2) is 0 Å². The molecule has 0 amide bonds. The molecule has 2 unspecified atom stereocenters. The highest BCUT2D eigenvalue weighted by atomic mass is 32.2. The van der Waals surface area contributed by atoms with Crippen LogP contribution in [0.4, 0.5) is 5.69 Å². The van der Waals surface area contributed by atoms with E-state index in [1.807, 2.05) is 37.6 Å². The van der Waals surface area contributed by atoms with E-state index in [1.165, 1.54) is 5.56 Å². The molecular weight excluding hydrogens is 434 g/mol. The fourth-order valence-corrected chi connectivity index (χ4v) is 7.22. The lowest BCUT2D eigenvalue weighted by Crippen LogP contribution is -2.14. The molecule has 2 aromatic carbocycles. The van der Waals surface area contributed by atoms with Crippen LogP contribution in [0, 0.1) is 6.92 Å². The number of hydrogen-bond acceptors (Lipinski definition) is 8. The third-order valence-corrected chi connectivity index (χ3v) is 8.58. The standard InChI is InChI=1S/C23H31NO5S2/c1-13-9-15(19(24(2)3)22(29-8)20(13)27-6)23-30-12-18(31-23)14-10-16(25-4)21(28-7)17(11-14)26-5/h9-11,18,23H,12H2,1-8H3. The summed E-state index contributed by atoms with van der Waals surface area (Å²) in [6.45, 7) is 2.06. The minimum Gasteiger partial charge on any atom is -0.493 e. The van der Waals surface area contributed by atoms with Crippen LogP contribution in [0.25, 0.3) is 0 Å². The van der Waals surface area contributed by atoms with Crippen molar-refractivity contribution in [2.75, 3.05) is 60.3 Å². The second-order valence-electron chi connectivity index (χ2n) is 7.34. The number of aryl methyl sites for hydroxylation is 1. The molecule has 3 rings (SSSR count). The Labute approximate surface area is 193 Å². The van der Waals surface area contributed by atoms with Gasteiger partial charge in [-0.2, -0.15) is 0 Å². The molecule has 1 saturated heterocycles. The Kier molecular flexibility index (Phi) is 7.64. The zero-order chi connectivity index (χ0) is 22.7. The van der Waals surface area contributed by atoms with Crippen LogP contribution in [0.1, 0.15) is 26.5 Å². The van der Waals surface area contributed by atoms with E-state index in [4.69, 9.17) is 23.7 Å². The number of hydrogen-bond donors (Lipinski definition) is 0. The SMILES string of the molecule is COc1cc(C2CSC(c3cc(C)c(OC)c(OC)c3N(C)C)S2)cc(OC)c1OC. The Morgan fingerprint density at radius 2 is 1.39 bits per heavy atom. The molecule has 31 heavy (non-hydrogen) atoms. The summed E-state index contributed by atoms with van der Waals surface area (Å²) in [5.74, 6) is 4.52. The van der Waals surface area contributed by atoms with Gasteiger partial charge in [0.05, 0.1) is 45.8 Å². The molecule has 8 heteroatoms. The molecule has 0 spiro atoms. The van der Waals surface area contributed by atoms with Crippen molar-refractivity contribution in [3.63, 3.8) is 0 Å². The summed E-state index contributed by atoms with van der Waals surface area (Å²) in [4.78, 5) is 2.10. The molecule has 1 aliphatic rings. The van der Waals surface area contributed by atoms with E-state index in [9.17, 15) is 0 Å². The highest BCUT2D eigenvalue weighted by Gasteiger charge is 2.33. The van der Waals surface area contributed by atoms with Crippen LogP contribution in [0.2, 0.25) is 0 Å². The van der Waals surface area contributed by atoms with Crippen LogP contribution in [-0.2, 0) is 0 Å². The highest BCUT2D eigenvalue weighted by Crippen LogP contribution is 2.60. The number of thioether (sulfide) groups is 2. The van der Waals surface area contributed by atoms with Crippen LogP contribution in [0.15, 0.2) is 18.2 Å². The zero-order valence-corrected chi connectivity index (χ0v) is 21.0. The van der Waals surface area contributed by atoms with Crippen LogP contribution >= 0.6 is 23.5 Å². The maximum Gasteiger partial charge on any atom is 0.203 e. The number of rotatable bonds is 8. The van der Waals surface area contributed by atoms with Gasteiger partial charge in [-0.15, -0.1) is 23.5 Å². The zero-order valence-electron chi connectivity index (χ0n) is 19.4. The van der Waals surface area contributed by atoms with Gasteiger partial charge in [-0.3, -0.25) is 0 Å². The van der Waals surface area contributed by atoms with E-state index in [0.717, 1.165) is 34.1 Å². The summed E-state index contributed by atoms with van der Waals surface area (Å²) >= 11 is 3.86. The summed E-state index contributed by atoms with van der Waals surface area (Å²) < 4.78 is 28.3. The second-order valence-corrected chi connectivity index (χ2v) is 10.1. The van der Waals surface area contributed by atoms with Gasteiger partial charge in [0.15, 0.2) is 23.0 Å². The van der Waals surface area contributed by atoms with Crippen molar-refractivity contribution in [1.82, 2.24) is 0 Å². The lowest BCUT2D eigenvalue weighted by molar-refractivity contribution is 0.324. The molecular formula is C23H31NO5S2. The largest absolute Gasteiger partial charge is 0.493 e. The van der Waals surface area contributed by atoms with E-state index < -0.39 is 0 Å². The summed E-state index contributed by atoms with van der Waals surface area (Å²) in [6, 6.07) is 6.32. The lowest BCUT2D eigenvalue weighted by Gasteiger charge is -2.26. The summed E-state index contributed by atoms with van der Waals surface area (Å²) in [7, 11) is 12.4. The first-order valence-corrected chi connectivity index (χ1v) is 11.9. The molecule has 0 aromatic heterocycles. The summed E-state index contributed by atoms with van der Waals surface area (Å²) in [5, 5.41) is 0.298. The fourth-order valence-electron chi connectivity index (χ4n) is 3.90. The van der Waals surface area contributed by atoms with Gasteiger partial charge < -0.3 is 28.6 Å². The Morgan fingerprint density at radius 3 is 1.87 bits per heavy atom. The molecule has 0 N–H and O–H groups in total. The van der Waals surface area contributed by atoms with Gasteiger partial charge in [-0.1, -0.05) is 0 Å². The Morgan fingerprint density at radius 1 is 0.806 bits per heavy atom. The Bertz CT molecular complexity index is 910. The summed E-state index contributed by atoms with van der Waals surface area (Å²) in [6.07, 6.45) is 0. The summed E-state index contributed by atoms with van der Waals surface area (Å²) in [5.41, 5.74) is 4.53. The van der Waals surface area contributed by atoms with Gasteiger partial charge in [0, 0.05) is 30.7 Å². The maximum atomic E-state index is 5.78. The van der Waals surface area contributed by atoms with Gasteiger partial charge in [0.25, 0.3) is 0 Å². The van der Waals surface area contributed by atoms with Gasteiger partial charge >= 0.3 is 0 Å². The van der Waals surface area contributed by atoms with E-state index in [-0.39, 0.29) is 4.58 Å². The maximum absolute atomic E-state index is 5.78. The predicted molar refractivity (Wildman–Crippen MR) is 130 cm³/mol. The minimum atomic E-state index is 0.264.